The van der Waals surface area contributed by atoms with E-state index in [0.717, 1.165) is 22.5 Å². The molecule has 7 aromatic rings. The van der Waals surface area contributed by atoms with Crippen LogP contribution in [0, 0.1) is 0 Å². The van der Waals surface area contributed by atoms with E-state index in [1.165, 1.54) is 60.9 Å². The highest BCUT2D eigenvalue weighted by atomic mass is 15.0. The van der Waals surface area contributed by atoms with Crippen LogP contribution in [0.3, 0.4) is 0 Å². The first-order chi connectivity index (χ1) is 22.2. The quantitative estimate of drug-likeness (QED) is 0.186. The van der Waals surface area contributed by atoms with E-state index in [4.69, 9.17) is 4.99 Å². The minimum Gasteiger partial charge on any atom is -0.309 e. The first kappa shape index (κ1) is 25.7. The number of benzene rings is 6. The molecule has 2 nitrogen and oxygen atoms in total. The van der Waals surface area contributed by atoms with E-state index in [2.05, 4.69) is 164 Å². The second-order valence-corrected chi connectivity index (χ2v) is 12.0. The van der Waals surface area contributed by atoms with Crippen LogP contribution in [-0.4, -0.2) is 10.3 Å². The Balaban J connectivity index is 1.35. The first-order valence-electron chi connectivity index (χ1n) is 15.5. The Morgan fingerprint density at radius 1 is 0.622 bits per heavy atom. The van der Waals surface area contributed by atoms with Crippen molar-refractivity contribution in [2.24, 2.45) is 4.99 Å². The van der Waals surface area contributed by atoms with Crippen LogP contribution in [0.25, 0.3) is 44.2 Å². The zero-order chi connectivity index (χ0) is 30.1. The standard InChI is InChI=1S/C43H30N2/c1-3-32-33-16-7-9-19-36(33)43(42(32)44-28(2)29-24-26-31(27-25-29)30-14-5-4-6-15-30)37-20-10-12-23-40(37)45-39-22-11-8-17-34(39)35-18-13-21-38(43)41(35)45/h3-27H,1H2,2H3. The summed E-state index contributed by atoms with van der Waals surface area (Å²) >= 11 is 0. The van der Waals surface area contributed by atoms with Gasteiger partial charge in [0.05, 0.1) is 27.8 Å². The number of allylic oxidation sites excluding steroid dienone is 3. The van der Waals surface area contributed by atoms with Gasteiger partial charge in [0.25, 0.3) is 0 Å². The lowest BCUT2D eigenvalue weighted by Gasteiger charge is -2.39. The smallest absolute Gasteiger partial charge is 0.0926 e. The van der Waals surface area contributed by atoms with E-state index < -0.39 is 5.41 Å². The summed E-state index contributed by atoms with van der Waals surface area (Å²) in [4.78, 5) is 5.62. The van der Waals surface area contributed by atoms with Gasteiger partial charge in [-0.05, 0) is 58.0 Å². The van der Waals surface area contributed by atoms with Crippen molar-refractivity contribution in [2.45, 2.75) is 12.3 Å². The van der Waals surface area contributed by atoms with Crippen LogP contribution in [0.2, 0.25) is 0 Å². The summed E-state index contributed by atoms with van der Waals surface area (Å²) in [6.45, 7) is 6.48. The summed E-state index contributed by atoms with van der Waals surface area (Å²) in [5.74, 6) is 0. The van der Waals surface area contributed by atoms with Crippen molar-refractivity contribution < 1.29 is 0 Å². The van der Waals surface area contributed by atoms with Crippen molar-refractivity contribution in [2.75, 3.05) is 0 Å². The van der Waals surface area contributed by atoms with Gasteiger partial charge in [0.1, 0.15) is 0 Å². The Kier molecular flexibility index (Phi) is 5.51. The third-order valence-corrected chi connectivity index (χ3v) is 9.77. The topological polar surface area (TPSA) is 17.3 Å². The Morgan fingerprint density at radius 3 is 2.09 bits per heavy atom. The van der Waals surface area contributed by atoms with E-state index in [0.29, 0.717) is 0 Å². The highest BCUT2D eigenvalue weighted by molar-refractivity contribution is 6.13. The average Bonchev–Trinajstić information content (AvgIpc) is 3.59. The van der Waals surface area contributed by atoms with Crippen LogP contribution in [0.4, 0.5) is 0 Å². The number of para-hydroxylation sites is 3. The van der Waals surface area contributed by atoms with E-state index in [1.54, 1.807) is 0 Å². The maximum atomic E-state index is 5.62. The van der Waals surface area contributed by atoms with E-state index in [9.17, 15) is 0 Å². The van der Waals surface area contributed by atoms with Gasteiger partial charge in [-0.15, -0.1) is 0 Å². The zero-order valence-corrected chi connectivity index (χ0v) is 25.0. The van der Waals surface area contributed by atoms with Crippen molar-refractivity contribution >= 4 is 33.1 Å². The second-order valence-electron chi connectivity index (χ2n) is 12.0. The molecule has 1 aromatic heterocycles. The van der Waals surface area contributed by atoms with Crippen molar-refractivity contribution in [3.05, 3.63) is 192 Å². The second kappa shape index (κ2) is 9.64. The van der Waals surface area contributed by atoms with Gasteiger partial charge in [-0.2, -0.15) is 0 Å². The molecule has 6 aromatic carbocycles. The number of hydrogen-bond donors (Lipinski definition) is 0. The Hall–Kier alpha value is -5.73. The third kappa shape index (κ3) is 3.42. The molecule has 1 spiro atoms. The highest BCUT2D eigenvalue weighted by Crippen LogP contribution is 2.60. The maximum Gasteiger partial charge on any atom is 0.0926 e. The molecule has 0 amide bonds. The number of nitrogens with zero attached hydrogens (tertiary/aromatic N) is 2. The summed E-state index contributed by atoms with van der Waals surface area (Å²) in [6, 6.07) is 52.6. The Labute approximate surface area is 263 Å². The van der Waals surface area contributed by atoms with Crippen molar-refractivity contribution in [3.8, 4) is 16.8 Å². The van der Waals surface area contributed by atoms with Gasteiger partial charge in [-0.1, -0.05) is 146 Å². The molecule has 0 N–H and O–H groups in total. The number of rotatable bonds is 4. The van der Waals surface area contributed by atoms with Gasteiger partial charge in [-0.25, -0.2) is 0 Å². The molecule has 0 bridgehead atoms. The number of hydrogen-bond acceptors (Lipinski definition) is 1. The van der Waals surface area contributed by atoms with Gasteiger partial charge in [-0.3, -0.25) is 4.99 Å². The average molecular weight is 575 g/mol. The number of aliphatic imine (C=N–C) groups is 1. The molecular formula is C43H30N2. The molecule has 1 aliphatic carbocycles. The number of fused-ring (bicyclic) bond motifs is 9. The third-order valence-electron chi connectivity index (χ3n) is 9.77. The minimum absolute atomic E-state index is 0.605. The monoisotopic (exact) mass is 574 g/mol. The van der Waals surface area contributed by atoms with Crippen LogP contribution < -0.4 is 0 Å². The normalized spacial score (nSPS) is 16.8. The molecule has 1 unspecified atom stereocenters. The van der Waals surface area contributed by atoms with Gasteiger partial charge in [0.2, 0.25) is 0 Å². The largest absolute Gasteiger partial charge is 0.309 e. The van der Waals surface area contributed by atoms with Crippen LogP contribution in [-0.2, 0) is 5.41 Å². The number of aromatic nitrogens is 1. The zero-order valence-electron chi connectivity index (χ0n) is 25.0. The van der Waals surface area contributed by atoms with Crippen molar-refractivity contribution in [1.29, 1.82) is 0 Å². The minimum atomic E-state index is -0.605. The fourth-order valence-corrected chi connectivity index (χ4v) is 7.87. The Bertz CT molecular complexity index is 2390. The van der Waals surface area contributed by atoms with Gasteiger partial charge in [0.15, 0.2) is 0 Å². The molecule has 0 fully saturated rings. The molecule has 2 aliphatic rings. The van der Waals surface area contributed by atoms with Crippen LogP contribution in [0.1, 0.15) is 34.7 Å². The molecule has 1 aliphatic heterocycles. The van der Waals surface area contributed by atoms with Crippen molar-refractivity contribution in [3.63, 3.8) is 0 Å². The molecule has 45 heavy (non-hydrogen) atoms. The fourth-order valence-electron chi connectivity index (χ4n) is 7.87. The lowest BCUT2D eigenvalue weighted by atomic mass is 9.66. The molecule has 0 saturated carbocycles. The van der Waals surface area contributed by atoms with Gasteiger partial charge >= 0.3 is 0 Å². The highest BCUT2D eigenvalue weighted by Gasteiger charge is 2.52. The molecule has 0 saturated heterocycles. The predicted molar refractivity (Wildman–Crippen MR) is 188 cm³/mol. The summed E-state index contributed by atoms with van der Waals surface area (Å²) in [5, 5.41) is 2.53. The fraction of sp³-hybridized carbons (Fsp3) is 0.0465. The molecule has 212 valence electrons. The maximum absolute atomic E-state index is 5.62. The summed E-state index contributed by atoms with van der Waals surface area (Å²) in [6.07, 6.45) is 2.01. The predicted octanol–water partition coefficient (Wildman–Crippen LogP) is 10.5. The molecule has 2 heterocycles. The summed E-state index contributed by atoms with van der Waals surface area (Å²) in [5.41, 5.74) is 14.6. The van der Waals surface area contributed by atoms with Crippen LogP contribution >= 0.6 is 0 Å². The molecule has 2 heteroatoms. The molecule has 1 atom stereocenters. The first-order valence-corrected chi connectivity index (χ1v) is 15.5. The van der Waals surface area contributed by atoms with E-state index in [1.807, 2.05) is 6.08 Å². The van der Waals surface area contributed by atoms with Gasteiger partial charge < -0.3 is 4.57 Å². The Morgan fingerprint density at radius 2 is 1.27 bits per heavy atom. The van der Waals surface area contributed by atoms with E-state index >= 15 is 0 Å². The molecule has 0 radical (unpaired) electrons. The summed E-state index contributed by atoms with van der Waals surface area (Å²) < 4.78 is 2.46. The van der Waals surface area contributed by atoms with E-state index in [-0.39, 0.29) is 0 Å². The van der Waals surface area contributed by atoms with Gasteiger partial charge in [0, 0.05) is 22.1 Å². The lowest BCUT2D eigenvalue weighted by molar-refractivity contribution is 0.718. The van der Waals surface area contributed by atoms with Crippen molar-refractivity contribution in [1.82, 2.24) is 4.57 Å². The SMILES string of the molecule is C=CC1=C(N=C(C)c2ccc(-c3ccccc3)cc2)C2(c3ccccc31)c1ccccc1-n1c3ccccc3c3cccc2c31. The molecular weight excluding hydrogens is 544 g/mol. The van der Waals surface area contributed by atoms with Crippen LogP contribution in [0.15, 0.2) is 169 Å². The van der Waals surface area contributed by atoms with Crippen LogP contribution in [0.5, 0.6) is 0 Å². The molecule has 9 rings (SSSR count). The summed E-state index contributed by atoms with van der Waals surface area (Å²) in [7, 11) is 0. The lowest BCUT2D eigenvalue weighted by Crippen LogP contribution is -2.34.